The van der Waals surface area contributed by atoms with E-state index < -0.39 is 16.6 Å². The van der Waals surface area contributed by atoms with Gasteiger partial charge < -0.3 is 5.11 Å². The van der Waals surface area contributed by atoms with E-state index in [-0.39, 0.29) is 5.56 Å². The third kappa shape index (κ3) is 2.71. The molecule has 1 aromatic heterocycles. The maximum Gasteiger partial charge on any atom is 0.342 e. The number of nitro benzene ring substituents is 1. The molecule has 1 aromatic carbocycles. The van der Waals surface area contributed by atoms with E-state index in [2.05, 4.69) is 10.1 Å². The van der Waals surface area contributed by atoms with Crippen molar-refractivity contribution in [3.8, 4) is 0 Å². The van der Waals surface area contributed by atoms with Crippen molar-refractivity contribution in [1.82, 2.24) is 14.8 Å². The van der Waals surface area contributed by atoms with Crippen molar-refractivity contribution >= 4 is 23.4 Å². The number of nitrogens with zero attached hydrogens (tertiary/aromatic N) is 4. The summed E-state index contributed by atoms with van der Waals surface area (Å²) in [6.45, 7) is 0. The van der Waals surface area contributed by atoms with E-state index in [0.717, 1.165) is 0 Å². The largest absolute Gasteiger partial charge is 0.477 e. The van der Waals surface area contributed by atoms with Gasteiger partial charge in [-0.05, 0) is 12.1 Å². The predicted molar refractivity (Wildman–Crippen MR) is 65.2 cm³/mol. The van der Waals surface area contributed by atoms with E-state index in [1.54, 1.807) is 7.05 Å². The minimum atomic E-state index is -1.34. The first-order valence-electron chi connectivity index (χ1n) is 5.02. The van der Waals surface area contributed by atoms with Crippen LogP contribution in [0.15, 0.2) is 34.6 Å². The number of aryl methyl sites for hydroxylation is 1. The van der Waals surface area contributed by atoms with Crippen LogP contribution in [0.1, 0.15) is 10.4 Å². The van der Waals surface area contributed by atoms with Gasteiger partial charge in [0.15, 0.2) is 5.16 Å². The number of hydrogen-bond acceptors (Lipinski definition) is 6. The summed E-state index contributed by atoms with van der Waals surface area (Å²) in [6, 6.07) is 3.89. The van der Waals surface area contributed by atoms with Gasteiger partial charge in [-0.25, -0.2) is 14.5 Å². The lowest BCUT2D eigenvalue weighted by Crippen LogP contribution is -2.02. The number of carboxylic acids is 1. The second-order valence-electron chi connectivity index (χ2n) is 3.51. The highest BCUT2D eigenvalue weighted by Gasteiger charge is 2.20. The Morgan fingerprint density at radius 2 is 2.26 bits per heavy atom. The Hall–Kier alpha value is -2.42. The molecule has 0 spiro atoms. The van der Waals surface area contributed by atoms with Gasteiger partial charge in [-0.3, -0.25) is 10.1 Å². The zero-order chi connectivity index (χ0) is 14.0. The number of hydrogen-bond donors (Lipinski definition) is 1. The minimum absolute atomic E-state index is 0.350. The van der Waals surface area contributed by atoms with E-state index >= 15 is 0 Å². The van der Waals surface area contributed by atoms with Crippen LogP contribution in [0.4, 0.5) is 5.69 Å². The molecule has 1 heterocycles. The number of aromatic carboxylic acids is 1. The first kappa shape index (κ1) is 13.0. The Morgan fingerprint density at radius 1 is 1.53 bits per heavy atom. The molecule has 2 rings (SSSR count). The number of benzene rings is 1. The Labute approximate surface area is 111 Å². The Balaban J connectivity index is 2.39. The lowest BCUT2D eigenvalue weighted by molar-refractivity contribution is -0.385. The third-order valence-electron chi connectivity index (χ3n) is 2.27. The summed E-state index contributed by atoms with van der Waals surface area (Å²) in [5.74, 6) is -1.34. The molecule has 0 aliphatic carbocycles. The third-order valence-corrected chi connectivity index (χ3v) is 3.32. The highest BCUT2D eigenvalue weighted by Crippen LogP contribution is 2.29. The van der Waals surface area contributed by atoms with Crippen LogP contribution in [0.2, 0.25) is 0 Å². The van der Waals surface area contributed by atoms with Crippen molar-refractivity contribution in [3.63, 3.8) is 0 Å². The minimum Gasteiger partial charge on any atom is -0.477 e. The molecule has 0 atom stereocenters. The lowest BCUT2D eigenvalue weighted by atomic mass is 10.2. The Morgan fingerprint density at radius 3 is 2.79 bits per heavy atom. The second-order valence-corrected chi connectivity index (χ2v) is 4.55. The molecule has 0 saturated heterocycles. The Bertz CT molecular complexity index is 655. The lowest BCUT2D eigenvalue weighted by Gasteiger charge is -2.03. The van der Waals surface area contributed by atoms with Crippen LogP contribution in [0.5, 0.6) is 0 Å². The van der Waals surface area contributed by atoms with Crippen LogP contribution in [0, 0.1) is 10.1 Å². The normalized spacial score (nSPS) is 10.4. The first-order chi connectivity index (χ1) is 8.99. The number of aromatic nitrogens is 3. The average molecular weight is 280 g/mol. The summed E-state index contributed by atoms with van der Waals surface area (Å²) in [4.78, 5) is 25.5. The molecule has 0 aliphatic heterocycles. The molecule has 98 valence electrons. The van der Waals surface area contributed by atoms with Gasteiger partial charge in [-0.2, -0.15) is 5.10 Å². The molecule has 19 heavy (non-hydrogen) atoms. The van der Waals surface area contributed by atoms with Crippen molar-refractivity contribution in [1.29, 1.82) is 0 Å². The summed E-state index contributed by atoms with van der Waals surface area (Å²) < 4.78 is 1.52. The smallest absolute Gasteiger partial charge is 0.342 e. The molecule has 0 bridgehead atoms. The van der Waals surface area contributed by atoms with Gasteiger partial charge in [0, 0.05) is 18.0 Å². The second kappa shape index (κ2) is 5.06. The van der Waals surface area contributed by atoms with E-state index in [4.69, 9.17) is 5.11 Å². The van der Waals surface area contributed by atoms with Gasteiger partial charge >= 0.3 is 5.97 Å². The molecule has 0 saturated carbocycles. The summed E-state index contributed by atoms with van der Waals surface area (Å²) >= 11 is 1.18. The maximum atomic E-state index is 11.0. The fraction of sp³-hybridized carbons (Fsp3) is 0.100. The maximum absolute atomic E-state index is 11.0. The monoisotopic (exact) mass is 280 g/mol. The predicted octanol–water partition coefficient (Wildman–Crippen LogP) is 1.57. The summed E-state index contributed by atoms with van der Waals surface area (Å²) in [5.41, 5.74) is -0.785. The molecule has 9 heteroatoms. The van der Waals surface area contributed by atoms with E-state index in [0.29, 0.717) is 10.1 Å². The zero-order valence-electron chi connectivity index (χ0n) is 9.68. The van der Waals surface area contributed by atoms with Gasteiger partial charge in [-0.15, -0.1) is 0 Å². The fourth-order valence-electron chi connectivity index (χ4n) is 1.39. The topological polar surface area (TPSA) is 111 Å². The molecule has 8 nitrogen and oxygen atoms in total. The van der Waals surface area contributed by atoms with Crippen molar-refractivity contribution in [3.05, 3.63) is 40.2 Å². The zero-order valence-corrected chi connectivity index (χ0v) is 10.5. The highest BCUT2D eigenvalue weighted by atomic mass is 32.2. The molecular formula is C10H8N4O4S. The molecule has 0 amide bonds. The van der Waals surface area contributed by atoms with Crippen LogP contribution < -0.4 is 0 Å². The fourth-order valence-corrected chi connectivity index (χ4v) is 2.20. The van der Waals surface area contributed by atoms with E-state index in [1.807, 2.05) is 0 Å². The van der Waals surface area contributed by atoms with Crippen molar-refractivity contribution in [2.24, 2.45) is 7.05 Å². The van der Waals surface area contributed by atoms with Crippen molar-refractivity contribution in [2.45, 2.75) is 10.1 Å². The van der Waals surface area contributed by atoms with Crippen LogP contribution in [0.3, 0.4) is 0 Å². The summed E-state index contributed by atoms with van der Waals surface area (Å²) in [7, 11) is 1.69. The Kier molecular flexibility index (Phi) is 3.47. The standard InChI is InChI=1S/C10H8N4O4S/c1-13-10(11-5-12-13)19-6-2-3-8(14(17)18)7(4-6)9(15)16/h2-5H,1H3,(H,15,16). The van der Waals surface area contributed by atoms with Gasteiger partial charge in [0.05, 0.1) is 4.92 Å². The van der Waals surface area contributed by atoms with Gasteiger partial charge in [0.2, 0.25) is 0 Å². The summed E-state index contributed by atoms with van der Waals surface area (Å²) in [6.07, 6.45) is 1.37. The van der Waals surface area contributed by atoms with Crippen LogP contribution >= 0.6 is 11.8 Å². The van der Waals surface area contributed by atoms with Crippen LogP contribution in [-0.4, -0.2) is 30.8 Å². The van der Waals surface area contributed by atoms with Crippen molar-refractivity contribution < 1.29 is 14.8 Å². The number of rotatable bonds is 4. The van der Waals surface area contributed by atoms with Gasteiger partial charge in [-0.1, -0.05) is 11.8 Å². The van der Waals surface area contributed by atoms with Gasteiger partial charge in [0.25, 0.3) is 5.69 Å². The highest BCUT2D eigenvalue weighted by molar-refractivity contribution is 7.99. The van der Waals surface area contributed by atoms with Crippen LogP contribution in [0.25, 0.3) is 0 Å². The molecule has 0 aliphatic rings. The molecule has 2 aromatic rings. The van der Waals surface area contributed by atoms with E-state index in [9.17, 15) is 14.9 Å². The SMILES string of the molecule is Cn1ncnc1Sc1ccc([N+](=O)[O-])c(C(=O)O)c1. The quantitative estimate of drug-likeness (QED) is 0.668. The molecule has 0 fully saturated rings. The summed E-state index contributed by atoms with van der Waals surface area (Å²) in [5, 5.41) is 24.1. The van der Waals surface area contributed by atoms with Gasteiger partial charge in [0.1, 0.15) is 11.9 Å². The van der Waals surface area contributed by atoms with Crippen LogP contribution in [-0.2, 0) is 7.05 Å². The number of carbonyl (C=O) groups is 1. The molecular weight excluding hydrogens is 272 g/mol. The molecule has 1 N–H and O–H groups in total. The number of nitro groups is 1. The average Bonchev–Trinajstić information content (AvgIpc) is 2.74. The molecule has 0 unspecified atom stereocenters. The van der Waals surface area contributed by atoms with Crippen molar-refractivity contribution in [2.75, 3.05) is 0 Å². The van der Waals surface area contributed by atoms with E-state index in [1.165, 1.54) is 41.0 Å². The number of carboxylic acid groups (broad SMARTS) is 1. The molecule has 0 radical (unpaired) electrons. The first-order valence-corrected chi connectivity index (χ1v) is 5.84.